The van der Waals surface area contributed by atoms with Crippen molar-refractivity contribution in [2.45, 2.75) is 38.8 Å². The minimum atomic E-state index is 0.623. The molecule has 1 aromatic carbocycles. The van der Waals surface area contributed by atoms with Gasteiger partial charge in [-0.05, 0) is 38.8 Å². The van der Waals surface area contributed by atoms with Crippen molar-refractivity contribution in [1.82, 2.24) is 4.98 Å². The molecule has 3 rings (SSSR count). The number of nitrogens with zero attached hydrogens (tertiary/aromatic N) is 2. The van der Waals surface area contributed by atoms with E-state index in [1.807, 2.05) is 12.3 Å². The third-order valence-electron chi connectivity index (χ3n) is 3.84. The third-order valence-corrected chi connectivity index (χ3v) is 3.84. The first kappa shape index (κ1) is 10.6. The van der Waals surface area contributed by atoms with Crippen LogP contribution >= 0.6 is 0 Å². The molecule has 0 aliphatic carbocycles. The average molecular weight is 226 g/mol. The summed E-state index contributed by atoms with van der Waals surface area (Å²) in [5, 5.41) is 1.23. The van der Waals surface area contributed by atoms with Gasteiger partial charge in [-0.2, -0.15) is 0 Å². The molecule has 1 saturated heterocycles. The van der Waals surface area contributed by atoms with Gasteiger partial charge >= 0.3 is 0 Å². The average Bonchev–Trinajstić information content (AvgIpc) is 2.69. The summed E-state index contributed by atoms with van der Waals surface area (Å²) in [4.78, 5) is 7.08. The predicted molar refractivity (Wildman–Crippen MR) is 72.4 cm³/mol. The lowest BCUT2D eigenvalue weighted by molar-refractivity contribution is 0.696. The fourth-order valence-corrected chi connectivity index (χ4v) is 2.97. The lowest BCUT2D eigenvalue weighted by Gasteiger charge is -2.29. The quantitative estimate of drug-likeness (QED) is 0.738. The molecule has 2 heterocycles. The fraction of sp³-hybridized carbons (Fsp3) is 0.400. The summed E-state index contributed by atoms with van der Waals surface area (Å²) in [5.74, 6) is 0. The SMILES string of the molecule is C[C@@H]1CC[C@@H](C)N1c1cccc2cccnc12. The van der Waals surface area contributed by atoms with E-state index < -0.39 is 0 Å². The molecule has 0 radical (unpaired) electrons. The number of aromatic nitrogens is 1. The van der Waals surface area contributed by atoms with Crippen LogP contribution in [-0.2, 0) is 0 Å². The van der Waals surface area contributed by atoms with Gasteiger partial charge in [0.2, 0.25) is 0 Å². The number of para-hydroxylation sites is 1. The summed E-state index contributed by atoms with van der Waals surface area (Å²) in [6.07, 6.45) is 4.45. The number of anilines is 1. The number of benzene rings is 1. The maximum Gasteiger partial charge on any atom is 0.0935 e. The van der Waals surface area contributed by atoms with Crippen molar-refractivity contribution in [1.29, 1.82) is 0 Å². The van der Waals surface area contributed by atoms with Crippen LogP contribution in [0.1, 0.15) is 26.7 Å². The Morgan fingerprint density at radius 1 is 1.06 bits per heavy atom. The van der Waals surface area contributed by atoms with Gasteiger partial charge in [0.25, 0.3) is 0 Å². The molecule has 0 bridgehead atoms. The van der Waals surface area contributed by atoms with Crippen molar-refractivity contribution < 1.29 is 0 Å². The standard InChI is InChI=1S/C15H18N2/c1-11-8-9-12(2)17(11)14-7-3-5-13-6-4-10-16-15(13)14/h3-7,10-12H,8-9H2,1-2H3/t11-,12-/m1/s1. The summed E-state index contributed by atoms with van der Waals surface area (Å²) in [6, 6.07) is 11.9. The third kappa shape index (κ3) is 1.68. The molecular weight excluding hydrogens is 208 g/mol. The van der Waals surface area contributed by atoms with E-state index in [0.717, 1.165) is 5.52 Å². The summed E-state index contributed by atoms with van der Waals surface area (Å²) >= 11 is 0. The van der Waals surface area contributed by atoms with E-state index in [2.05, 4.69) is 48.0 Å². The Morgan fingerprint density at radius 3 is 2.53 bits per heavy atom. The van der Waals surface area contributed by atoms with Gasteiger partial charge in [0.05, 0.1) is 11.2 Å². The second kappa shape index (κ2) is 4.02. The van der Waals surface area contributed by atoms with Crippen LogP contribution in [0.5, 0.6) is 0 Å². The van der Waals surface area contributed by atoms with Crippen LogP contribution in [-0.4, -0.2) is 17.1 Å². The minimum absolute atomic E-state index is 0.623. The Hall–Kier alpha value is -1.57. The maximum atomic E-state index is 4.55. The molecule has 1 aliphatic rings. The molecule has 1 fully saturated rings. The normalized spacial score (nSPS) is 24.5. The Labute approximate surface area is 102 Å². The maximum absolute atomic E-state index is 4.55. The van der Waals surface area contributed by atoms with Crippen LogP contribution in [0.15, 0.2) is 36.5 Å². The van der Waals surface area contributed by atoms with Crippen LogP contribution in [0.4, 0.5) is 5.69 Å². The van der Waals surface area contributed by atoms with Crippen LogP contribution in [0.3, 0.4) is 0 Å². The molecule has 0 saturated carbocycles. The van der Waals surface area contributed by atoms with Crippen molar-refractivity contribution >= 4 is 16.6 Å². The van der Waals surface area contributed by atoms with Crippen molar-refractivity contribution in [3.8, 4) is 0 Å². The van der Waals surface area contributed by atoms with E-state index in [1.54, 1.807) is 0 Å². The first-order valence-electron chi connectivity index (χ1n) is 6.39. The molecule has 17 heavy (non-hydrogen) atoms. The predicted octanol–water partition coefficient (Wildman–Crippen LogP) is 3.61. The monoisotopic (exact) mass is 226 g/mol. The highest BCUT2D eigenvalue weighted by atomic mass is 15.2. The molecule has 1 aromatic heterocycles. The Bertz CT molecular complexity index is 520. The second-order valence-electron chi connectivity index (χ2n) is 5.03. The molecule has 88 valence electrons. The smallest absolute Gasteiger partial charge is 0.0935 e. The molecule has 2 heteroatoms. The van der Waals surface area contributed by atoms with E-state index in [9.17, 15) is 0 Å². The van der Waals surface area contributed by atoms with E-state index in [-0.39, 0.29) is 0 Å². The fourth-order valence-electron chi connectivity index (χ4n) is 2.97. The van der Waals surface area contributed by atoms with Gasteiger partial charge in [-0.15, -0.1) is 0 Å². The second-order valence-corrected chi connectivity index (χ2v) is 5.03. The summed E-state index contributed by atoms with van der Waals surface area (Å²) in [7, 11) is 0. The van der Waals surface area contributed by atoms with E-state index in [1.165, 1.54) is 23.9 Å². The van der Waals surface area contributed by atoms with Crippen molar-refractivity contribution in [3.05, 3.63) is 36.5 Å². The summed E-state index contributed by atoms with van der Waals surface area (Å²) < 4.78 is 0. The van der Waals surface area contributed by atoms with Gasteiger partial charge in [-0.1, -0.05) is 18.2 Å². The Kier molecular flexibility index (Phi) is 2.50. The Morgan fingerprint density at radius 2 is 1.76 bits per heavy atom. The van der Waals surface area contributed by atoms with Gasteiger partial charge in [0, 0.05) is 23.7 Å². The van der Waals surface area contributed by atoms with Crippen LogP contribution in [0.2, 0.25) is 0 Å². The topological polar surface area (TPSA) is 16.1 Å². The molecular formula is C15H18N2. The van der Waals surface area contributed by atoms with Gasteiger partial charge in [-0.3, -0.25) is 4.98 Å². The zero-order valence-electron chi connectivity index (χ0n) is 10.4. The minimum Gasteiger partial charge on any atom is -0.364 e. The van der Waals surface area contributed by atoms with Crippen molar-refractivity contribution in [3.63, 3.8) is 0 Å². The van der Waals surface area contributed by atoms with Gasteiger partial charge in [-0.25, -0.2) is 0 Å². The highest BCUT2D eigenvalue weighted by molar-refractivity contribution is 5.91. The zero-order chi connectivity index (χ0) is 11.8. The molecule has 0 unspecified atom stereocenters. The number of rotatable bonds is 1. The van der Waals surface area contributed by atoms with Crippen molar-refractivity contribution in [2.75, 3.05) is 4.90 Å². The number of hydrogen-bond donors (Lipinski definition) is 0. The first-order valence-corrected chi connectivity index (χ1v) is 6.39. The number of hydrogen-bond acceptors (Lipinski definition) is 2. The molecule has 2 nitrogen and oxygen atoms in total. The number of pyridine rings is 1. The van der Waals surface area contributed by atoms with E-state index >= 15 is 0 Å². The van der Waals surface area contributed by atoms with Crippen LogP contribution < -0.4 is 4.90 Å². The highest BCUT2D eigenvalue weighted by Gasteiger charge is 2.28. The van der Waals surface area contributed by atoms with Gasteiger partial charge < -0.3 is 4.90 Å². The lowest BCUT2D eigenvalue weighted by Crippen LogP contribution is -2.32. The molecule has 2 atom stereocenters. The molecule has 0 spiro atoms. The largest absolute Gasteiger partial charge is 0.364 e. The Balaban J connectivity index is 2.17. The van der Waals surface area contributed by atoms with Gasteiger partial charge in [0.1, 0.15) is 0 Å². The van der Waals surface area contributed by atoms with Gasteiger partial charge in [0.15, 0.2) is 0 Å². The number of fused-ring (bicyclic) bond motifs is 1. The first-order chi connectivity index (χ1) is 8.27. The molecule has 0 amide bonds. The zero-order valence-corrected chi connectivity index (χ0v) is 10.4. The van der Waals surface area contributed by atoms with Crippen LogP contribution in [0, 0.1) is 0 Å². The summed E-state index contributed by atoms with van der Waals surface area (Å²) in [6.45, 7) is 4.62. The van der Waals surface area contributed by atoms with Crippen LogP contribution in [0.25, 0.3) is 10.9 Å². The van der Waals surface area contributed by atoms with E-state index in [0.29, 0.717) is 12.1 Å². The van der Waals surface area contributed by atoms with E-state index in [4.69, 9.17) is 0 Å². The van der Waals surface area contributed by atoms with Crippen molar-refractivity contribution in [2.24, 2.45) is 0 Å². The molecule has 0 N–H and O–H groups in total. The molecule has 1 aliphatic heterocycles. The summed E-state index contributed by atoms with van der Waals surface area (Å²) in [5.41, 5.74) is 2.43. The highest BCUT2D eigenvalue weighted by Crippen LogP contribution is 2.34. The lowest BCUT2D eigenvalue weighted by atomic mass is 10.1. The molecule has 2 aromatic rings.